The van der Waals surface area contributed by atoms with Gasteiger partial charge >= 0.3 is 0 Å². The first-order valence-corrected chi connectivity index (χ1v) is 9.00. The number of rotatable bonds is 5. The number of nitrogens with one attached hydrogen (secondary N) is 1. The molecule has 1 unspecified atom stereocenters. The Bertz CT molecular complexity index is 964. The lowest BCUT2D eigenvalue weighted by molar-refractivity contribution is 0.0978. The number of nitrogens with zero attached hydrogens (tertiary/aromatic N) is 2. The fraction of sp³-hybridized carbons (Fsp3) is 0.176. The van der Waals surface area contributed by atoms with Crippen molar-refractivity contribution in [1.29, 1.82) is 5.26 Å². The van der Waals surface area contributed by atoms with E-state index in [0.29, 0.717) is 20.4 Å². The molecule has 1 N–H and O–H groups in total. The van der Waals surface area contributed by atoms with Crippen LogP contribution < -0.4 is 5.32 Å². The maximum absolute atomic E-state index is 12.8. The van der Waals surface area contributed by atoms with E-state index in [2.05, 4.69) is 10.3 Å². The number of aryl methyl sites for hydroxylation is 2. The summed E-state index contributed by atoms with van der Waals surface area (Å²) in [6, 6.07) is 6.92. The average molecular weight is 371 g/mol. The van der Waals surface area contributed by atoms with Crippen molar-refractivity contribution in [2.45, 2.75) is 19.8 Å². The SMILES string of the molecule is Cc1csc(C(C#N)C(=O)c2sc(NC(=O)c3ccco3)cc2C)n1. The standard InChI is InChI=1S/C17H13N3O3S2/c1-9-6-13(20-16(22)12-4-3-5-23-12)25-15(9)14(21)11(7-18)17-19-10(2)8-24-17/h3-6,8,11H,1-2H3,(H,20,22). The van der Waals surface area contributed by atoms with Crippen LogP contribution in [0.15, 0.2) is 34.3 Å². The number of nitriles is 1. The molecule has 0 spiro atoms. The number of furan rings is 1. The zero-order chi connectivity index (χ0) is 18.0. The van der Waals surface area contributed by atoms with E-state index in [9.17, 15) is 14.9 Å². The Morgan fingerprint density at radius 1 is 1.40 bits per heavy atom. The van der Waals surface area contributed by atoms with Crippen molar-refractivity contribution in [3.05, 3.63) is 56.7 Å². The molecule has 0 fully saturated rings. The largest absolute Gasteiger partial charge is 0.459 e. The molecule has 0 saturated heterocycles. The summed E-state index contributed by atoms with van der Waals surface area (Å²) in [5, 5.41) is 14.9. The summed E-state index contributed by atoms with van der Waals surface area (Å²) in [5.74, 6) is -1.45. The van der Waals surface area contributed by atoms with Gasteiger partial charge in [0, 0.05) is 11.1 Å². The van der Waals surface area contributed by atoms with Gasteiger partial charge in [0.2, 0.25) is 0 Å². The molecule has 0 aliphatic heterocycles. The number of hydrogen-bond acceptors (Lipinski definition) is 7. The molecule has 3 rings (SSSR count). The van der Waals surface area contributed by atoms with Crippen LogP contribution in [-0.2, 0) is 0 Å². The maximum atomic E-state index is 12.8. The molecule has 126 valence electrons. The average Bonchev–Trinajstić information content (AvgIpc) is 3.30. The van der Waals surface area contributed by atoms with Gasteiger partial charge in [0.05, 0.1) is 22.2 Å². The first-order chi connectivity index (χ1) is 12.0. The number of amides is 1. The Balaban J connectivity index is 1.83. The van der Waals surface area contributed by atoms with Crippen molar-refractivity contribution >= 4 is 39.4 Å². The zero-order valence-electron chi connectivity index (χ0n) is 13.4. The Hall–Kier alpha value is -2.76. The third kappa shape index (κ3) is 3.52. The van der Waals surface area contributed by atoms with Crippen molar-refractivity contribution in [1.82, 2.24) is 4.98 Å². The van der Waals surface area contributed by atoms with Crippen LogP contribution in [-0.4, -0.2) is 16.7 Å². The molecule has 6 nitrogen and oxygen atoms in total. The van der Waals surface area contributed by atoms with Crippen LogP contribution in [0.5, 0.6) is 0 Å². The highest BCUT2D eigenvalue weighted by Crippen LogP contribution is 2.32. The maximum Gasteiger partial charge on any atom is 0.291 e. The molecule has 0 saturated carbocycles. The van der Waals surface area contributed by atoms with Gasteiger partial charge in [-0.25, -0.2) is 4.98 Å². The second-order valence-corrected chi connectivity index (χ2v) is 7.25. The lowest BCUT2D eigenvalue weighted by Gasteiger charge is -2.04. The van der Waals surface area contributed by atoms with Crippen molar-refractivity contribution in [3.63, 3.8) is 0 Å². The molecule has 3 heterocycles. The Labute approximate surface area is 151 Å². The summed E-state index contributed by atoms with van der Waals surface area (Å²) in [6.45, 7) is 3.59. The fourth-order valence-corrected chi connectivity index (χ4v) is 4.11. The number of ketones is 1. The quantitative estimate of drug-likeness (QED) is 0.680. The van der Waals surface area contributed by atoms with Gasteiger partial charge in [-0.2, -0.15) is 5.26 Å². The van der Waals surface area contributed by atoms with Gasteiger partial charge in [-0.1, -0.05) is 0 Å². The van der Waals surface area contributed by atoms with Crippen molar-refractivity contribution in [2.24, 2.45) is 0 Å². The molecule has 0 radical (unpaired) electrons. The van der Waals surface area contributed by atoms with E-state index in [0.717, 1.165) is 17.0 Å². The molecule has 3 aromatic rings. The van der Waals surface area contributed by atoms with Gasteiger partial charge in [0.25, 0.3) is 5.91 Å². The lowest BCUT2D eigenvalue weighted by Crippen LogP contribution is -2.11. The molecule has 3 aromatic heterocycles. The minimum Gasteiger partial charge on any atom is -0.459 e. The minimum atomic E-state index is -0.940. The van der Waals surface area contributed by atoms with E-state index >= 15 is 0 Å². The van der Waals surface area contributed by atoms with Gasteiger partial charge in [-0.15, -0.1) is 22.7 Å². The fourth-order valence-electron chi connectivity index (χ4n) is 2.23. The van der Waals surface area contributed by atoms with Crippen molar-refractivity contribution in [3.8, 4) is 6.07 Å². The van der Waals surface area contributed by atoms with E-state index < -0.39 is 11.8 Å². The normalized spacial score (nSPS) is 11.7. The number of Topliss-reactive ketones (excluding diaryl/α,β-unsaturated/α-hetero) is 1. The molecule has 8 heteroatoms. The molecule has 1 atom stereocenters. The second kappa shape index (κ2) is 7.01. The Morgan fingerprint density at radius 2 is 2.20 bits per heavy atom. The predicted molar refractivity (Wildman–Crippen MR) is 95.3 cm³/mol. The van der Waals surface area contributed by atoms with Crippen LogP contribution in [0.2, 0.25) is 0 Å². The highest BCUT2D eigenvalue weighted by Gasteiger charge is 2.28. The van der Waals surface area contributed by atoms with Crippen LogP contribution in [0.3, 0.4) is 0 Å². The number of aromatic nitrogens is 1. The van der Waals surface area contributed by atoms with Crippen LogP contribution in [0, 0.1) is 25.2 Å². The number of carbonyl (C=O) groups is 2. The van der Waals surface area contributed by atoms with Gasteiger partial charge in [0.15, 0.2) is 17.5 Å². The van der Waals surface area contributed by atoms with E-state index in [1.165, 1.54) is 17.6 Å². The lowest BCUT2D eigenvalue weighted by atomic mass is 10.0. The predicted octanol–water partition coefficient (Wildman–Crippen LogP) is 4.16. The van der Waals surface area contributed by atoms with Gasteiger partial charge in [0.1, 0.15) is 5.01 Å². The molecular weight excluding hydrogens is 358 g/mol. The first-order valence-electron chi connectivity index (χ1n) is 7.30. The van der Waals surface area contributed by atoms with Gasteiger partial charge in [-0.3, -0.25) is 9.59 Å². The number of thiophene rings is 1. The third-order valence-electron chi connectivity index (χ3n) is 3.40. The molecule has 0 aromatic carbocycles. The Kier molecular flexibility index (Phi) is 4.79. The van der Waals surface area contributed by atoms with Crippen LogP contribution in [0.4, 0.5) is 5.00 Å². The third-order valence-corrected chi connectivity index (χ3v) is 5.59. The zero-order valence-corrected chi connectivity index (χ0v) is 15.0. The number of carbonyl (C=O) groups excluding carboxylic acids is 2. The number of thiazole rings is 1. The van der Waals surface area contributed by atoms with E-state index in [4.69, 9.17) is 4.42 Å². The molecule has 0 aliphatic rings. The summed E-state index contributed by atoms with van der Waals surface area (Å²) in [4.78, 5) is 29.5. The van der Waals surface area contributed by atoms with E-state index in [1.54, 1.807) is 25.1 Å². The Morgan fingerprint density at radius 3 is 2.80 bits per heavy atom. The molecule has 0 bridgehead atoms. The van der Waals surface area contributed by atoms with Crippen LogP contribution in [0.25, 0.3) is 0 Å². The summed E-state index contributed by atoms with van der Waals surface area (Å²) in [6.07, 6.45) is 1.41. The van der Waals surface area contributed by atoms with Crippen molar-refractivity contribution in [2.75, 3.05) is 5.32 Å². The first kappa shape index (κ1) is 17.1. The van der Waals surface area contributed by atoms with Crippen molar-refractivity contribution < 1.29 is 14.0 Å². The molecule has 1 amide bonds. The van der Waals surface area contributed by atoms with E-state index in [-0.39, 0.29) is 11.5 Å². The summed E-state index contributed by atoms with van der Waals surface area (Å²) < 4.78 is 5.04. The molecule has 25 heavy (non-hydrogen) atoms. The van der Waals surface area contributed by atoms with E-state index in [1.807, 2.05) is 18.4 Å². The summed E-state index contributed by atoms with van der Waals surface area (Å²) >= 11 is 2.44. The highest BCUT2D eigenvalue weighted by molar-refractivity contribution is 7.18. The summed E-state index contributed by atoms with van der Waals surface area (Å²) in [7, 11) is 0. The topological polar surface area (TPSA) is 96.0 Å². The summed E-state index contributed by atoms with van der Waals surface area (Å²) in [5.41, 5.74) is 1.49. The molecular formula is C17H13N3O3S2. The van der Waals surface area contributed by atoms with Crippen LogP contribution >= 0.6 is 22.7 Å². The molecule has 0 aliphatic carbocycles. The second-order valence-electron chi connectivity index (χ2n) is 5.31. The van der Waals surface area contributed by atoms with Crippen LogP contribution in [0.1, 0.15) is 42.4 Å². The number of hydrogen-bond donors (Lipinski definition) is 1. The highest BCUT2D eigenvalue weighted by atomic mass is 32.1. The minimum absolute atomic E-state index is 0.187. The monoisotopic (exact) mass is 371 g/mol. The number of anilines is 1. The van der Waals surface area contributed by atoms with Gasteiger partial charge in [-0.05, 0) is 37.6 Å². The smallest absolute Gasteiger partial charge is 0.291 e. The van der Waals surface area contributed by atoms with Gasteiger partial charge < -0.3 is 9.73 Å².